The second-order valence-electron chi connectivity index (χ2n) is 4.37. The van der Waals surface area contributed by atoms with Gasteiger partial charge < -0.3 is 0 Å². The van der Waals surface area contributed by atoms with Crippen molar-refractivity contribution in [1.82, 2.24) is 4.98 Å². The predicted octanol–water partition coefficient (Wildman–Crippen LogP) is 3.64. The van der Waals surface area contributed by atoms with Crippen LogP contribution < -0.4 is 0 Å². The van der Waals surface area contributed by atoms with Crippen LogP contribution in [-0.4, -0.2) is 10.8 Å². The minimum absolute atomic E-state index is 0.320. The van der Waals surface area contributed by atoms with E-state index in [-0.39, 0.29) is 0 Å². The van der Waals surface area contributed by atoms with Gasteiger partial charge in [0.25, 0.3) is 0 Å². The molecule has 2 aromatic rings. The number of thiophene rings is 1. The summed E-state index contributed by atoms with van der Waals surface area (Å²) >= 11 is 1.77. The largest absolute Gasteiger partial charge is 0.294 e. The zero-order chi connectivity index (χ0) is 11.8. The minimum atomic E-state index is 0.320. The van der Waals surface area contributed by atoms with Gasteiger partial charge in [0.05, 0.1) is 0 Å². The van der Waals surface area contributed by atoms with E-state index < -0.39 is 0 Å². The molecule has 2 aromatic heterocycles. The molecule has 0 bridgehead atoms. The normalized spacial score (nSPS) is 14.8. The summed E-state index contributed by atoms with van der Waals surface area (Å²) in [5, 5.41) is 0. The number of hydrogen-bond donors (Lipinski definition) is 0. The van der Waals surface area contributed by atoms with E-state index in [1.54, 1.807) is 23.7 Å². The van der Waals surface area contributed by atoms with Crippen LogP contribution in [0.1, 0.15) is 33.6 Å². The number of nitrogens with zero attached hydrogens (tertiary/aromatic N) is 1. The quantitative estimate of drug-likeness (QED) is 0.765. The molecule has 1 aliphatic rings. The summed E-state index contributed by atoms with van der Waals surface area (Å²) < 4.78 is 0. The van der Waals surface area contributed by atoms with Gasteiger partial charge in [-0.25, -0.2) is 0 Å². The minimum Gasteiger partial charge on any atom is -0.294 e. The Morgan fingerprint density at radius 3 is 2.71 bits per heavy atom. The van der Waals surface area contributed by atoms with E-state index in [0.717, 1.165) is 24.0 Å². The van der Waals surface area contributed by atoms with Crippen LogP contribution in [0.2, 0.25) is 0 Å². The maximum atomic E-state index is 11.9. The van der Waals surface area contributed by atoms with Gasteiger partial charge in [0.2, 0.25) is 0 Å². The summed E-state index contributed by atoms with van der Waals surface area (Å²) in [6.07, 6.45) is 6.37. The standard InChI is InChI=1S/C14H13NOS/c1-9-13-11(16)3-2-4-12(13)17-14(9)10-5-7-15-8-6-10/h5-8H,2-4H2,1H3. The van der Waals surface area contributed by atoms with Crippen molar-refractivity contribution in [3.05, 3.63) is 40.5 Å². The Kier molecular flexibility index (Phi) is 2.56. The topological polar surface area (TPSA) is 30.0 Å². The van der Waals surface area contributed by atoms with Crippen molar-refractivity contribution in [3.63, 3.8) is 0 Å². The number of Topliss-reactive ketones (excluding diaryl/α,β-unsaturated/α-hetero) is 1. The first-order valence-corrected chi connectivity index (χ1v) is 6.65. The Balaban J connectivity index is 2.17. The highest BCUT2D eigenvalue weighted by Crippen LogP contribution is 2.39. The molecule has 0 aromatic carbocycles. The van der Waals surface area contributed by atoms with Crippen LogP contribution in [-0.2, 0) is 6.42 Å². The summed E-state index contributed by atoms with van der Waals surface area (Å²) in [4.78, 5) is 18.5. The maximum absolute atomic E-state index is 11.9. The van der Waals surface area contributed by atoms with Crippen LogP contribution in [0.5, 0.6) is 0 Å². The van der Waals surface area contributed by atoms with Crippen LogP contribution in [0, 0.1) is 6.92 Å². The molecule has 0 saturated heterocycles. The Bertz CT molecular complexity index is 571. The highest BCUT2D eigenvalue weighted by atomic mass is 32.1. The highest BCUT2D eigenvalue weighted by molar-refractivity contribution is 7.16. The van der Waals surface area contributed by atoms with Gasteiger partial charge in [-0.2, -0.15) is 0 Å². The summed E-state index contributed by atoms with van der Waals surface area (Å²) in [5.74, 6) is 0.320. The molecule has 0 aliphatic heterocycles. The number of carbonyl (C=O) groups is 1. The number of fused-ring (bicyclic) bond motifs is 1. The van der Waals surface area contributed by atoms with Gasteiger partial charge in [0.1, 0.15) is 0 Å². The molecule has 3 heteroatoms. The van der Waals surface area contributed by atoms with Crippen LogP contribution in [0.15, 0.2) is 24.5 Å². The average molecular weight is 243 g/mol. The smallest absolute Gasteiger partial charge is 0.164 e. The number of ketones is 1. The molecule has 86 valence electrons. The molecule has 0 atom stereocenters. The summed E-state index contributed by atoms with van der Waals surface area (Å²) in [6.45, 7) is 2.06. The van der Waals surface area contributed by atoms with Crippen molar-refractivity contribution < 1.29 is 4.79 Å². The molecule has 2 heterocycles. The number of rotatable bonds is 1. The molecule has 17 heavy (non-hydrogen) atoms. The third kappa shape index (κ3) is 1.71. The van der Waals surface area contributed by atoms with Gasteiger partial charge >= 0.3 is 0 Å². The lowest BCUT2D eigenvalue weighted by Gasteiger charge is -2.09. The molecule has 0 radical (unpaired) electrons. The van der Waals surface area contributed by atoms with Gasteiger partial charge in [0, 0.05) is 34.1 Å². The van der Waals surface area contributed by atoms with Crippen molar-refractivity contribution in [2.24, 2.45) is 0 Å². The number of pyridine rings is 1. The third-order valence-electron chi connectivity index (χ3n) is 3.25. The molecule has 1 aliphatic carbocycles. The second kappa shape index (κ2) is 4.08. The van der Waals surface area contributed by atoms with Crippen molar-refractivity contribution in [3.8, 4) is 10.4 Å². The predicted molar refractivity (Wildman–Crippen MR) is 69.6 cm³/mol. The van der Waals surface area contributed by atoms with Crippen LogP contribution >= 0.6 is 11.3 Å². The van der Waals surface area contributed by atoms with Crippen molar-refractivity contribution in [2.75, 3.05) is 0 Å². The monoisotopic (exact) mass is 243 g/mol. The lowest BCUT2D eigenvalue weighted by molar-refractivity contribution is 0.0973. The summed E-state index contributed by atoms with van der Waals surface area (Å²) in [6, 6.07) is 4.02. The van der Waals surface area contributed by atoms with Crippen molar-refractivity contribution >= 4 is 17.1 Å². The Morgan fingerprint density at radius 1 is 1.24 bits per heavy atom. The summed E-state index contributed by atoms with van der Waals surface area (Å²) in [5.41, 5.74) is 3.32. The van der Waals surface area contributed by atoms with Gasteiger partial charge in [-0.3, -0.25) is 9.78 Å². The Hall–Kier alpha value is -1.48. The second-order valence-corrected chi connectivity index (χ2v) is 5.47. The number of aromatic nitrogens is 1. The molecule has 0 fully saturated rings. The molecule has 0 saturated carbocycles. The van der Waals surface area contributed by atoms with Gasteiger partial charge in [-0.05, 0) is 43.0 Å². The van der Waals surface area contributed by atoms with Crippen molar-refractivity contribution in [2.45, 2.75) is 26.2 Å². The van der Waals surface area contributed by atoms with Gasteiger partial charge in [0.15, 0.2) is 5.78 Å². The molecule has 0 N–H and O–H groups in total. The molecular formula is C14H13NOS. The molecule has 2 nitrogen and oxygen atoms in total. The molecule has 0 spiro atoms. The lowest BCUT2D eigenvalue weighted by Crippen LogP contribution is -2.08. The van der Waals surface area contributed by atoms with Crippen LogP contribution in [0.25, 0.3) is 10.4 Å². The zero-order valence-electron chi connectivity index (χ0n) is 9.69. The molecule has 0 amide bonds. The highest BCUT2D eigenvalue weighted by Gasteiger charge is 2.24. The zero-order valence-corrected chi connectivity index (χ0v) is 10.5. The number of hydrogen-bond acceptors (Lipinski definition) is 3. The Morgan fingerprint density at radius 2 is 2.00 bits per heavy atom. The first kappa shape index (κ1) is 10.7. The average Bonchev–Trinajstić information content (AvgIpc) is 2.69. The van der Waals surface area contributed by atoms with Crippen molar-refractivity contribution in [1.29, 1.82) is 0 Å². The van der Waals surface area contributed by atoms with E-state index >= 15 is 0 Å². The lowest BCUT2D eigenvalue weighted by atomic mass is 9.93. The maximum Gasteiger partial charge on any atom is 0.164 e. The van der Waals surface area contributed by atoms with E-state index in [9.17, 15) is 4.79 Å². The van der Waals surface area contributed by atoms with E-state index in [2.05, 4.69) is 11.9 Å². The summed E-state index contributed by atoms with van der Waals surface area (Å²) in [7, 11) is 0. The van der Waals surface area contributed by atoms with Gasteiger partial charge in [-0.1, -0.05) is 0 Å². The van der Waals surface area contributed by atoms with Crippen LogP contribution in [0.4, 0.5) is 0 Å². The fourth-order valence-electron chi connectivity index (χ4n) is 2.43. The van der Waals surface area contributed by atoms with Crippen LogP contribution in [0.3, 0.4) is 0 Å². The number of aryl methyl sites for hydroxylation is 1. The third-order valence-corrected chi connectivity index (χ3v) is 4.65. The van der Waals surface area contributed by atoms with E-state index in [0.29, 0.717) is 12.2 Å². The SMILES string of the molecule is Cc1c(-c2ccncc2)sc2c1C(=O)CCC2. The van der Waals surface area contributed by atoms with E-state index in [1.165, 1.54) is 15.3 Å². The fraction of sp³-hybridized carbons (Fsp3) is 0.286. The fourth-order valence-corrected chi connectivity index (χ4v) is 3.80. The molecule has 0 unspecified atom stereocenters. The Labute approximate surface area is 104 Å². The first-order chi connectivity index (χ1) is 8.27. The first-order valence-electron chi connectivity index (χ1n) is 5.83. The van der Waals surface area contributed by atoms with E-state index in [1.807, 2.05) is 12.1 Å². The van der Waals surface area contributed by atoms with E-state index in [4.69, 9.17) is 0 Å². The molecular weight excluding hydrogens is 230 g/mol. The molecule has 3 rings (SSSR count). The van der Waals surface area contributed by atoms with Gasteiger partial charge in [-0.15, -0.1) is 11.3 Å². The number of carbonyl (C=O) groups excluding carboxylic acids is 1.